The van der Waals surface area contributed by atoms with Gasteiger partial charge in [-0.3, -0.25) is 4.68 Å². The third-order valence-electron chi connectivity index (χ3n) is 0.899. The fourth-order valence-electron chi connectivity index (χ4n) is 0.540. The van der Waals surface area contributed by atoms with Gasteiger partial charge in [-0.2, -0.15) is 0 Å². The number of rotatable bonds is 0. The van der Waals surface area contributed by atoms with E-state index in [1.165, 1.54) is 4.68 Å². The quantitative estimate of drug-likeness (QED) is 0.487. The molecule has 0 aliphatic heterocycles. The lowest BCUT2D eigenvalue weighted by atomic mass is 10.5. The monoisotopic (exact) mass is 111 g/mol. The Hall–Kier alpha value is -0.990. The van der Waals surface area contributed by atoms with Crippen LogP contribution < -0.4 is 0 Å². The molecular weight excluding hydrogens is 104 g/mol. The number of hydrogen-bond acceptors (Lipinski definition) is 2. The van der Waals surface area contributed by atoms with Crippen LogP contribution in [0.3, 0.4) is 0 Å². The lowest BCUT2D eigenvalue weighted by Crippen LogP contribution is -1.88. The molecule has 0 aliphatic carbocycles. The average molecular weight is 111 g/mol. The Bertz CT molecular complexity index is 173. The molecule has 1 N–H and O–H groups in total. The second-order valence-electron chi connectivity index (χ2n) is 1.66. The minimum absolute atomic E-state index is 0.0856. The van der Waals surface area contributed by atoms with Gasteiger partial charge >= 0.3 is 0 Å². The second-order valence-corrected chi connectivity index (χ2v) is 1.66. The number of nitrogens with zero attached hydrogens (tertiary/aromatic N) is 2. The van der Waals surface area contributed by atoms with E-state index in [1.54, 1.807) is 14.0 Å². The van der Waals surface area contributed by atoms with Crippen molar-refractivity contribution in [2.24, 2.45) is 7.05 Å². The van der Waals surface area contributed by atoms with Crippen molar-refractivity contribution in [1.82, 2.24) is 9.78 Å². The van der Waals surface area contributed by atoms with E-state index in [0.717, 1.165) is 0 Å². The zero-order valence-corrected chi connectivity index (χ0v) is 4.84. The maximum Gasteiger partial charge on any atom is 0.0303 e. The molecule has 1 aromatic rings. The Labute approximate surface area is 47.6 Å². The molecular formula is C5H7N2O-. The van der Waals surface area contributed by atoms with E-state index < -0.39 is 0 Å². The highest BCUT2D eigenvalue weighted by molar-refractivity contribution is 5.09. The highest BCUT2D eigenvalue weighted by Gasteiger charge is 1.80. The fourth-order valence-corrected chi connectivity index (χ4v) is 0.540. The molecule has 0 bridgehead atoms. The summed E-state index contributed by atoms with van der Waals surface area (Å²) in [4.78, 5) is 0. The van der Waals surface area contributed by atoms with Gasteiger partial charge in [0.15, 0.2) is 0 Å². The molecule has 0 fully saturated rings. The number of aromatic nitrogens is 2. The summed E-state index contributed by atoms with van der Waals surface area (Å²) in [6, 6.07) is 2.61. The Kier molecular flexibility index (Phi) is 0.970. The Morgan fingerprint density at radius 1 is 1.75 bits per heavy atom. The summed E-state index contributed by atoms with van der Waals surface area (Å²) in [7, 11) is 1.67. The Morgan fingerprint density at radius 2 is 2.38 bits per heavy atom. The van der Waals surface area contributed by atoms with E-state index >= 15 is 0 Å². The molecule has 1 aromatic heterocycles. The fraction of sp³-hybridized carbons (Fsp3) is 0.400. The van der Waals surface area contributed by atoms with E-state index in [9.17, 15) is 0 Å². The third-order valence-corrected chi connectivity index (χ3v) is 0.899. The Balaban J connectivity index is 3.14. The van der Waals surface area contributed by atoms with Crippen LogP contribution in [-0.4, -0.2) is 14.9 Å². The molecule has 3 heteroatoms. The summed E-state index contributed by atoms with van der Waals surface area (Å²) in [5, 5.41) is 12.6. The van der Waals surface area contributed by atoms with Crippen molar-refractivity contribution in [3.05, 3.63) is 11.8 Å². The standard InChI is InChI=1S/C5H7N2O/c1-4-3-5(8)7(2)6-4/h8H,1-2H3/q-1. The van der Waals surface area contributed by atoms with Crippen LogP contribution in [-0.2, 0) is 7.05 Å². The van der Waals surface area contributed by atoms with Crippen molar-refractivity contribution in [3.8, 4) is 5.88 Å². The van der Waals surface area contributed by atoms with Crippen LogP contribution in [0.1, 0.15) is 5.69 Å². The molecule has 0 saturated heterocycles. The van der Waals surface area contributed by atoms with Crippen molar-refractivity contribution in [2.45, 2.75) is 6.92 Å². The molecule has 1 rings (SSSR count). The largest absolute Gasteiger partial charge is 0.527 e. The SMILES string of the molecule is Cc1[c-]c(O)n(C)n1. The van der Waals surface area contributed by atoms with Gasteiger partial charge in [0.2, 0.25) is 0 Å². The summed E-state index contributed by atoms with van der Waals surface area (Å²) < 4.78 is 1.37. The Morgan fingerprint density at radius 3 is 2.50 bits per heavy atom. The maximum atomic E-state index is 8.78. The first-order valence-electron chi connectivity index (χ1n) is 2.32. The van der Waals surface area contributed by atoms with Crippen LogP contribution in [0.25, 0.3) is 0 Å². The lowest BCUT2D eigenvalue weighted by molar-refractivity contribution is 0.418. The van der Waals surface area contributed by atoms with Gasteiger partial charge in [0.1, 0.15) is 0 Å². The van der Waals surface area contributed by atoms with Crippen molar-refractivity contribution < 1.29 is 5.11 Å². The van der Waals surface area contributed by atoms with E-state index in [2.05, 4.69) is 11.2 Å². The van der Waals surface area contributed by atoms with Gasteiger partial charge in [-0.25, -0.2) is 5.10 Å². The molecule has 8 heavy (non-hydrogen) atoms. The summed E-state index contributed by atoms with van der Waals surface area (Å²) in [5.41, 5.74) is 0.713. The predicted molar refractivity (Wildman–Crippen MR) is 28.4 cm³/mol. The molecule has 0 radical (unpaired) electrons. The van der Waals surface area contributed by atoms with E-state index in [4.69, 9.17) is 5.11 Å². The van der Waals surface area contributed by atoms with Crippen LogP contribution in [0.15, 0.2) is 0 Å². The van der Waals surface area contributed by atoms with Crippen LogP contribution in [0.2, 0.25) is 0 Å². The summed E-state index contributed by atoms with van der Waals surface area (Å²) in [6.45, 7) is 1.78. The normalized spacial score (nSPS) is 9.75. The predicted octanol–water partition coefficient (Wildman–Crippen LogP) is 0.234. The zero-order chi connectivity index (χ0) is 6.15. The van der Waals surface area contributed by atoms with Crippen LogP contribution in [0.5, 0.6) is 5.88 Å². The molecule has 0 spiro atoms. The van der Waals surface area contributed by atoms with E-state index in [0.29, 0.717) is 5.69 Å². The highest BCUT2D eigenvalue weighted by atomic mass is 16.3. The molecule has 0 saturated carbocycles. The summed E-state index contributed by atoms with van der Waals surface area (Å²) >= 11 is 0. The van der Waals surface area contributed by atoms with E-state index in [-0.39, 0.29) is 5.88 Å². The number of aromatic hydroxyl groups is 1. The molecule has 1 heterocycles. The summed E-state index contributed by atoms with van der Waals surface area (Å²) in [5.74, 6) is 0.0856. The van der Waals surface area contributed by atoms with E-state index in [1.807, 2.05) is 0 Å². The van der Waals surface area contributed by atoms with Crippen LogP contribution >= 0.6 is 0 Å². The average Bonchev–Trinajstić information content (AvgIpc) is 1.85. The first-order valence-corrected chi connectivity index (χ1v) is 2.32. The molecule has 0 aliphatic rings. The van der Waals surface area contributed by atoms with Crippen LogP contribution in [0.4, 0.5) is 0 Å². The molecule has 0 unspecified atom stereocenters. The maximum absolute atomic E-state index is 8.78. The number of hydrogen-bond donors (Lipinski definition) is 1. The summed E-state index contributed by atoms with van der Waals surface area (Å²) in [6.07, 6.45) is 0. The number of aryl methyl sites for hydroxylation is 2. The van der Waals surface area contributed by atoms with Gasteiger partial charge in [-0.1, -0.05) is 6.92 Å². The lowest BCUT2D eigenvalue weighted by Gasteiger charge is -1.95. The first kappa shape index (κ1) is 5.15. The van der Waals surface area contributed by atoms with Gasteiger partial charge in [0.05, 0.1) is 0 Å². The first-order chi connectivity index (χ1) is 3.70. The topological polar surface area (TPSA) is 38.0 Å². The zero-order valence-electron chi connectivity index (χ0n) is 4.84. The van der Waals surface area contributed by atoms with Crippen molar-refractivity contribution in [1.29, 1.82) is 0 Å². The third kappa shape index (κ3) is 0.665. The highest BCUT2D eigenvalue weighted by Crippen LogP contribution is 2.05. The van der Waals surface area contributed by atoms with Crippen LogP contribution in [0, 0.1) is 13.0 Å². The van der Waals surface area contributed by atoms with Crippen molar-refractivity contribution in [2.75, 3.05) is 0 Å². The van der Waals surface area contributed by atoms with Gasteiger partial charge in [0.25, 0.3) is 0 Å². The van der Waals surface area contributed by atoms with Gasteiger partial charge in [-0.15, -0.1) is 5.69 Å². The molecule has 0 aromatic carbocycles. The molecule has 44 valence electrons. The molecule has 0 amide bonds. The van der Waals surface area contributed by atoms with Gasteiger partial charge < -0.3 is 11.2 Å². The second kappa shape index (κ2) is 1.51. The van der Waals surface area contributed by atoms with Crippen molar-refractivity contribution >= 4 is 0 Å². The molecule has 3 nitrogen and oxygen atoms in total. The molecule has 0 atom stereocenters. The minimum Gasteiger partial charge on any atom is -0.527 e. The van der Waals surface area contributed by atoms with Gasteiger partial charge in [0, 0.05) is 12.9 Å². The smallest absolute Gasteiger partial charge is 0.0303 e. The van der Waals surface area contributed by atoms with Gasteiger partial charge in [-0.05, 0) is 0 Å². The van der Waals surface area contributed by atoms with Crippen molar-refractivity contribution in [3.63, 3.8) is 0 Å². The minimum atomic E-state index is 0.0856.